The fourth-order valence-corrected chi connectivity index (χ4v) is 3.60. The van der Waals surface area contributed by atoms with Gasteiger partial charge in [0.25, 0.3) is 5.91 Å². The molecule has 0 aliphatic heterocycles. The molecule has 0 radical (unpaired) electrons. The first-order valence-electron chi connectivity index (χ1n) is 9.93. The molecule has 2 aromatic heterocycles. The van der Waals surface area contributed by atoms with Crippen molar-refractivity contribution < 1.29 is 9.18 Å². The second-order valence-corrected chi connectivity index (χ2v) is 7.18. The number of rotatable bonds is 6. The van der Waals surface area contributed by atoms with Crippen molar-refractivity contribution in [2.75, 3.05) is 5.32 Å². The van der Waals surface area contributed by atoms with Crippen molar-refractivity contribution in [1.29, 1.82) is 0 Å². The molecule has 0 fully saturated rings. The molecule has 7 heteroatoms. The quantitative estimate of drug-likeness (QED) is 0.658. The van der Waals surface area contributed by atoms with E-state index >= 15 is 0 Å². The lowest BCUT2D eigenvalue weighted by Gasteiger charge is -2.23. The van der Waals surface area contributed by atoms with Gasteiger partial charge >= 0.3 is 0 Å². The van der Waals surface area contributed by atoms with E-state index in [2.05, 4.69) is 20.7 Å². The number of allylic oxidation sites excluding steroid dienone is 1. The summed E-state index contributed by atoms with van der Waals surface area (Å²) >= 11 is 0. The summed E-state index contributed by atoms with van der Waals surface area (Å²) < 4.78 is 15.2. The summed E-state index contributed by atoms with van der Waals surface area (Å²) in [6, 6.07) is 9.82. The summed E-state index contributed by atoms with van der Waals surface area (Å²) in [5.74, 6) is -0.268. The lowest BCUT2D eigenvalue weighted by atomic mass is 10.00. The highest BCUT2D eigenvalue weighted by molar-refractivity contribution is 6.06. The molecular weight excluding hydrogens is 369 g/mol. The number of carbonyl (C=O) groups excluding carboxylic acids is 1. The van der Waals surface area contributed by atoms with Gasteiger partial charge in [-0.2, -0.15) is 5.10 Å². The first-order chi connectivity index (χ1) is 14.2. The minimum absolute atomic E-state index is 0.0609. The zero-order valence-electron chi connectivity index (χ0n) is 16.4. The largest absolute Gasteiger partial charge is 0.381 e. The summed E-state index contributed by atoms with van der Waals surface area (Å²) in [5, 5.41) is 11.6. The van der Waals surface area contributed by atoms with Gasteiger partial charge in [0.05, 0.1) is 28.7 Å². The molecule has 1 atom stereocenters. The van der Waals surface area contributed by atoms with Gasteiger partial charge in [0.15, 0.2) is 5.65 Å². The number of nitrogens with one attached hydrogen (secondary N) is 2. The molecule has 0 bridgehead atoms. The first kappa shape index (κ1) is 19.1. The van der Waals surface area contributed by atoms with Crippen molar-refractivity contribution in [3.05, 3.63) is 65.8 Å². The lowest BCUT2D eigenvalue weighted by Crippen LogP contribution is -2.27. The maximum absolute atomic E-state index is 13.4. The van der Waals surface area contributed by atoms with Gasteiger partial charge in [-0.1, -0.05) is 36.4 Å². The summed E-state index contributed by atoms with van der Waals surface area (Å²) in [6.45, 7) is 3.12. The van der Waals surface area contributed by atoms with Crippen molar-refractivity contribution >= 4 is 22.6 Å². The van der Waals surface area contributed by atoms with Gasteiger partial charge in [-0.15, -0.1) is 0 Å². The van der Waals surface area contributed by atoms with Crippen LogP contribution < -0.4 is 10.6 Å². The van der Waals surface area contributed by atoms with Crippen LogP contribution in [0.1, 0.15) is 42.1 Å². The van der Waals surface area contributed by atoms with Gasteiger partial charge in [-0.05, 0) is 25.3 Å². The summed E-state index contributed by atoms with van der Waals surface area (Å²) in [5.41, 5.74) is 2.93. The molecule has 1 amide bonds. The van der Waals surface area contributed by atoms with E-state index in [4.69, 9.17) is 0 Å². The van der Waals surface area contributed by atoms with Gasteiger partial charge in [0.1, 0.15) is 0 Å². The maximum atomic E-state index is 13.4. The third-order valence-corrected chi connectivity index (χ3v) is 5.21. The van der Waals surface area contributed by atoms with Crippen LogP contribution >= 0.6 is 0 Å². The average Bonchev–Trinajstić information content (AvgIpc) is 3.18. The summed E-state index contributed by atoms with van der Waals surface area (Å²) in [7, 11) is 0. The Morgan fingerprint density at radius 2 is 2.10 bits per heavy atom. The molecule has 0 saturated heterocycles. The van der Waals surface area contributed by atoms with Gasteiger partial charge in [0.2, 0.25) is 0 Å². The fourth-order valence-electron chi connectivity index (χ4n) is 3.60. The molecule has 29 heavy (non-hydrogen) atoms. The molecule has 1 aromatic carbocycles. The highest BCUT2D eigenvalue weighted by atomic mass is 19.1. The molecule has 1 unspecified atom stereocenters. The number of anilines is 1. The average molecular weight is 393 g/mol. The number of pyridine rings is 1. The number of nitrogens with zero attached hydrogens (tertiary/aromatic N) is 3. The molecule has 3 aromatic rings. The van der Waals surface area contributed by atoms with Crippen LogP contribution in [0, 0.1) is 0 Å². The highest BCUT2D eigenvalue weighted by Gasteiger charge is 2.22. The Hall–Kier alpha value is -3.22. The van der Waals surface area contributed by atoms with Crippen molar-refractivity contribution in [2.24, 2.45) is 0 Å². The zero-order valence-corrected chi connectivity index (χ0v) is 16.4. The maximum Gasteiger partial charge on any atom is 0.255 e. The summed E-state index contributed by atoms with van der Waals surface area (Å²) in [6.07, 6.45) is 6.63. The molecule has 2 N–H and O–H groups in total. The van der Waals surface area contributed by atoms with E-state index in [1.165, 1.54) is 0 Å². The SMILES string of the molecule is CCn1ncc2c(NC3CC=C(F)CC3)c(C(=O)NCc3ccccc3)cnc21. The minimum Gasteiger partial charge on any atom is -0.381 e. The fraction of sp³-hybridized carbons (Fsp3) is 0.318. The Morgan fingerprint density at radius 3 is 2.83 bits per heavy atom. The summed E-state index contributed by atoms with van der Waals surface area (Å²) in [4.78, 5) is 17.4. The number of aryl methyl sites for hydroxylation is 1. The number of benzene rings is 1. The van der Waals surface area contributed by atoms with Crippen LogP contribution in [0.2, 0.25) is 0 Å². The zero-order chi connectivity index (χ0) is 20.2. The van der Waals surface area contributed by atoms with E-state index in [1.807, 2.05) is 37.3 Å². The van der Waals surface area contributed by atoms with Crippen LogP contribution in [0.5, 0.6) is 0 Å². The second kappa shape index (κ2) is 8.43. The van der Waals surface area contributed by atoms with E-state index in [0.29, 0.717) is 43.6 Å². The third kappa shape index (κ3) is 4.13. The van der Waals surface area contributed by atoms with E-state index in [-0.39, 0.29) is 17.8 Å². The van der Waals surface area contributed by atoms with E-state index < -0.39 is 0 Å². The van der Waals surface area contributed by atoms with Crippen LogP contribution in [0.4, 0.5) is 10.1 Å². The molecule has 6 nitrogen and oxygen atoms in total. The molecule has 4 rings (SSSR count). The monoisotopic (exact) mass is 393 g/mol. The Kier molecular flexibility index (Phi) is 5.55. The molecule has 1 aliphatic rings. The number of amides is 1. The second-order valence-electron chi connectivity index (χ2n) is 7.18. The highest BCUT2D eigenvalue weighted by Crippen LogP contribution is 2.30. The predicted molar refractivity (Wildman–Crippen MR) is 111 cm³/mol. The van der Waals surface area contributed by atoms with E-state index in [0.717, 1.165) is 16.6 Å². The van der Waals surface area contributed by atoms with Gasteiger partial charge < -0.3 is 10.6 Å². The number of aromatic nitrogens is 3. The van der Waals surface area contributed by atoms with E-state index in [1.54, 1.807) is 23.2 Å². The molecule has 2 heterocycles. The number of hydrogen-bond acceptors (Lipinski definition) is 4. The number of halogens is 1. The van der Waals surface area contributed by atoms with Gasteiger partial charge in [-0.3, -0.25) is 4.79 Å². The molecular formula is C22H24FN5O. The van der Waals surface area contributed by atoms with Crippen molar-refractivity contribution in [2.45, 2.75) is 45.3 Å². The molecule has 0 spiro atoms. The Balaban J connectivity index is 1.64. The van der Waals surface area contributed by atoms with E-state index in [9.17, 15) is 9.18 Å². The van der Waals surface area contributed by atoms with Crippen LogP contribution in [-0.2, 0) is 13.1 Å². The van der Waals surface area contributed by atoms with Crippen molar-refractivity contribution in [3.8, 4) is 0 Å². The predicted octanol–water partition coefficient (Wildman–Crippen LogP) is 4.20. The van der Waals surface area contributed by atoms with Crippen LogP contribution in [0.15, 0.2) is 54.6 Å². The van der Waals surface area contributed by atoms with Crippen LogP contribution in [0.3, 0.4) is 0 Å². The topological polar surface area (TPSA) is 71.8 Å². The van der Waals surface area contributed by atoms with Gasteiger partial charge in [0, 0.05) is 31.7 Å². The first-order valence-corrected chi connectivity index (χ1v) is 9.93. The Morgan fingerprint density at radius 1 is 1.28 bits per heavy atom. The lowest BCUT2D eigenvalue weighted by molar-refractivity contribution is 0.0951. The molecule has 150 valence electrons. The standard InChI is InChI=1S/C22H24FN5O/c1-2-28-21-18(14-26-28)20(27-17-10-8-16(23)9-11-17)19(13-24-21)22(29)25-12-15-6-4-3-5-7-15/h3-8,13-14,17H,2,9-12H2,1H3,(H,24,27)(H,25,29). The Labute approximate surface area is 168 Å². The normalized spacial score (nSPS) is 16.5. The van der Waals surface area contributed by atoms with Gasteiger partial charge in [-0.25, -0.2) is 14.1 Å². The van der Waals surface area contributed by atoms with Crippen LogP contribution in [0.25, 0.3) is 11.0 Å². The number of hydrogen-bond donors (Lipinski definition) is 2. The Bertz CT molecular complexity index is 1040. The molecule has 0 saturated carbocycles. The number of fused-ring (bicyclic) bond motifs is 1. The smallest absolute Gasteiger partial charge is 0.255 e. The van der Waals surface area contributed by atoms with Crippen LogP contribution in [-0.4, -0.2) is 26.7 Å². The minimum atomic E-state index is -0.201. The molecule has 1 aliphatic carbocycles. The third-order valence-electron chi connectivity index (χ3n) is 5.21. The number of carbonyl (C=O) groups is 1. The van der Waals surface area contributed by atoms with Crippen molar-refractivity contribution in [3.63, 3.8) is 0 Å². The van der Waals surface area contributed by atoms with Crippen molar-refractivity contribution in [1.82, 2.24) is 20.1 Å².